The van der Waals surface area contributed by atoms with Crippen LogP contribution in [0.1, 0.15) is 0 Å². The van der Waals surface area contributed by atoms with Crippen molar-refractivity contribution in [2.45, 2.75) is 12.1 Å². The lowest BCUT2D eigenvalue weighted by atomic mass is 10.2. The molecule has 1 aromatic heterocycles. The molecule has 1 N–H and O–H groups in total. The van der Waals surface area contributed by atoms with Gasteiger partial charge in [0, 0.05) is 6.20 Å². The maximum absolute atomic E-state index is 11.6. The van der Waals surface area contributed by atoms with Gasteiger partial charge in [-0.15, -0.1) is 0 Å². The van der Waals surface area contributed by atoms with E-state index in [9.17, 15) is 8.42 Å². The fourth-order valence-corrected chi connectivity index (χ4v) is 4.64. The van der Waals surface area contributed by atoms with Crippen molar-refractivity contribution in [1.82, 2.24) is 10.3 Å². The van der Waals surface area contributed by atoms with Crippen LogP contribution in [0.2, 0.25) is 0 Å². The van der Waals surface area contributed by atoms with Gasteiger partial charge in [-0.3, -0.25) is 4.90 Å². The molecule has 0 bridgehead atoms. The van der Waals surface area contributed by atoms with Crippen LogP contribution in [0.25, 0.3) is 0 Å². The Morgan fingerprint density at radius 2 is 2.24 bits per heavy atom. The van der Waals surface area contributed by atoms with Gasteiger partial charge in [-0.2, -0.15) is 0 Å². The summed E-state index contributed by atoms with van der Waals surface area (Å²) in [5.41, 5.74) is 0. The van der Waals surface area contributed by atoms with Crippen LogP contribution in [0.15, 0.2) is 24.4 Å². The molecule has 2 aliphatic rings. The predicted molar refractivity (Wildman–Crippen MR) is 68.7 cm³/mol. The van der Waals surface area contributed by atoms with Crippen molar-refractivity contribution in [2.24, 2.45) is 0 Å². The first-order valence-electron chi connectivity index (χ1n) is 5.28. The zero-order valence-corrected chi connectivity index (χ0v) is 10.5. The second-order valence-electron chi connectivity index (χ2n) is 4.26. The highest BCUT2D eigenvalue weighted by molar-refractivity contribution is 7.91. The molecular formula is C10H11N3O2S2. The molecule has 2 aliphatic heterocycles. The van der Waals surface area contributed by atoms with Crippen molar-refractivity contribution in [3.05, 3.63) is 24.4 Å². The molecule has 90 valence electrons. The van der Waals surface area contributed by atoms with Crippen molar-refractivity contribution in [2.75, 3.05) is 16.4 Å². The van der Waals surface area contributed by atoms with Crippen LogP contribution in [0.5, 0.6) is 0 Å². The summed E-state index contributed by atoms with van der Waals surface area (Å²) in [5, 5.41) is 3.62. The average molecular weight is 269 g/mol. The second kappa shape index (κ2) is 3.64. The van der Waals surface area contributed by atoms with Gasteiger partial charge in [0.1, 0.15) is 5.82 Å². The summed E-state index contributed by atoms with van der Waals surface area (Å²) in [4.78, 5) is 6.03. The van der Waals surface area contributed by atoms with Gasteiger partial charge < -0.3 is 5.32 Å². The van der Waals surface area contributed by atoms with E-state index in [2.05, 4.69) is 10.3 Å². The summed E-state index contributed by atoms with van der Waals surface area (Å²) < 4.78 is 23.2. The van der Waals surface area contributed by atoms with Crippen LogP contribution in [-0.2, 0) is 9.84 Å². The Bertz CT molecular complexity index is 558. The van der Waals surface area contributed by atoms with E-state index in [1.54, 1.807) is 6.20 Å². The monoisotopic (exact) mass is 269 g/mol. The van der Waals surface area contributed by atoms with Crippen LogP contribution >= 0.6 is 12.2 Å². The van der Waals surface area contributed by atoms with E-state index in [0.717, 1.165) is 0 Å². The zero-order valence-electron chi connectivity index (χ0n) is 8.91. The van der Waals surface area contributed by atoms with E-state index >= 15 is 0 Å². The first-order valence-corrected chi connectivity index (χ1v) is 7.51. The fourth-order valence-electron chi connectivity index (χ4n) is 2.37. The van der Waals surface area contributed by atoms with Gasteiger partial charge in [0.2, 0.25) is 0 Å². The van der Waals surface area contributed by atoms with Crippen molar-refractivity contribution < 1.29 is 8.42 Å². The van der Waals surface area contributed by atoms with E-state index < -0.39 is 9.84 Å². The summed E-state index contributed by atoms with van der Waals surface area (Å²) in [6.45, 7) is 0. The first kappa shape index (κ1) is 10.9. The van der Waals surface area contributed by atoms with E-state index in [0.29, 0.717) is 10.9 Å². The number of rotatable bonds is 1. The number of aromatic nitrogens is 1. The Morgan fingerprint density at radius 3 is 2.94 bits per heavy atom. The normalized spacial score (nSPS) is 30.1. The maximum Gasteiger partial charge on any atom is 0.175 e. The molecule has 1 aromatic rings. The number of anilines is 1. The topological polar surface area (TPSA) is 62.3 Å². The van der Waals surface area contributed by atoms with Crippen molar-refractivity contribution in [1.29, 1.82) is 0 Å². The number of hydrogen-bond acceptors (Lipinski definition) is 4. The van der Waals surface area contributed by atoms with Gasteiger partial charge >= 0.3 is 0 Å². The molecule has 3 rings (SSSR count). The van der Waals surface area contributed by atoms with E-state index in [1.165, 1.54) is 0 Å². The van der Waals surface area contributed by atoms with Crippen LogP contribution < -0.4 is 10.2 Å². The van der Waals surface area contributed by atoms with Crippen molar-refractivity contribution in [3.8, 4) is 0 Å². The number of nitrogens with one attached hydrogen (secondary N) is 1. The smallest absolute Gasteiger partial charge is 0.175 e. The fraction of sp³-hybridized carbons (Fsp3) is 0.400. The number of nitrogens with zero attached hydrogens (tertiary/aromatic N) is 2. The van der Waals surface area contributed by atoms with Gasteiger partial charge in [0.25, 0.3) is 0 Å². The number of hydrogen-bond donors (Lipinski definition) is 1. The van der Waals surface area contributed by atoms with Gasteiger partial charge in [0.05, 0.1) is 23.6 Å². The molecule has 0 amide bonds. The number of sulfone groups is 1. The van der Waals surface area contributed by atoms with Gasteiger partial charge in [0.15, 0.2) is 14.9 Å². The highest BCUT2D eigenvalue weighted by atomic mass is 32.2. The zero-order chi connectivity index (χ0) is 12.0. The van der Waals surface area contributed by atoms with Gasteiger partial charge in [-0.25, -0.2) is 13.4 Å². The minimum atomic E-state index is -2.96. The van der Waals surface area contributed by atoms with E-state index in [1.807, 2.05) is 23.1 Å². The highest BCUT2D eigenvalue weighted by Crippen LogP contribution is 2.27. The van der Waals surface area contributed by atoms with Gasteiger partial charge in [-0.05, 0) is 24.4 Å². The third-order valence-corrected chi connectivity index (χ3v) is 5.11. The lowest BCUT2D eigenvalue weighted by Crippen LogP contribution is -2.37. The minimum Gasteiger partial charge on any atom is -0.356 e. The standard InChI is InChI=1S/C10H11N3O2S2/c14-17(15)5-7-8(6-17)13(10(16)12-7)9-3-1-2-4-11-9/h1-4,7-8H,5-6H2,(H,12,16). The molecule has 2 saturated heterocycles. The van der Waals surface area contributed by atoms with Crippen LogP contribution in [0.3, 0.4) is 0 Å². The Balaban J connectivity index is 1.98. The molecule has 17 heavy (non-hydrogen) atoms. The molecular weight excluding hydrogens is 258 g/mol. The van der Waals surface area contributed by atoms with Crippen molar-refractivity contribution in [3.63, 3.8) is 0 Å². The lowest BCUT2D eigenvalue weighted by Gasteiger charge is -2.21. The Hall–Kier alpha value is -1.21. The SMILES string of the molecule is O=S1(=O)CC2NC(=S)N(c3ccccn3)C2C1. The molecule has 0 radical (unpaired) electrons. The number of thiocarbonyl (C=S) groups is 1. The van der Waals surface area contributed by atoms with Crippen molar-refractivity contribution >= 4 is 33.0 Å². The predicted octanol–water partition coefficient (Wildman–Crippen LogP) is -0.0583. The Kier molecular flexibility index (Phi) is 2.34. The van der Waals surface area contributed by atoms with E-state index in [4.69, 9.17) is 12.2 Å². The molecule has 0 aromatic carbocycles. The van der Waals surface area contributed by atoms with Crippen LogP contribution in [0, 0.1) is 0 Å². The molecule has 2 unspecified atom stereocenters. The summed E-state index contributed by atoms with van der Waals surface area (Å²) in [5.74, 6) is 0.998. The molecule has 7 heteroatoms. The molecule has 2 atom stereocenters. The number of fused-ring (bicyclic) bond motifs is 1. The third kappa shape index (κ3) is 1.79. The Morgan fingerprint density at radius 1 is 1.41 bits per heavy atom. The second-order valence-corrected chi connectivity index (χ2v) is 6.80. The average Bonchev–Trinajstić information content (AvgIpc) is 2.69. The third-order valence-electron chi connectivity index (χ3n) is 3.08. The number of pyridine rings is 1. The van der Waals surface area contributed by atoms with E-state index in [-0.39, 0.29) is 23.6 Å². The lowest BCUT2D eigenvalue weighted by molar-refractivity contribution is 0.600. The molecule has 0 saturated carbocycles. The Labute approximate surface area is 105 Å². The summed E-state index contributed by atoms with van der Waals surface area (Å²) >= 11 is 5.23. The molecule has 3 heterocycles. The maximum atomic E-state index is 11.6. The molecule has 0 spiro atoms. The van der Waals surface area contributed by atoms with Gasteiger partial charge in [-0.1, -0.05) is 6.07 Å². The first-order chi connectivity index (χ1) is 8.07. The quantitative estimate of drug-likeness (QED) is 0.721. The largest absolute Gasteiger partial charge is 0.356 e. The summed E-state index contributed by atoms with van der Waals surface area (Å²) in [6.07, 6.45) is 1.68. The molecule has 2 fully saturated rings. The van der Waals surface area contributed by atoms with Crippen LogP contribution in [-0.4, -0.2) is 42.1 Å². The van der Waals surface area contributed by atoms with Crippen LogP contribution in [0.4, 0.5) is 5.82 Å². The summed E-state index contributed by atoms with van der Waals surface area (Å²) in [6, 6.07) is 5.29. The molecule has 0 aliphatic carbocycles. The summed E-state index contributed by atoms with van der Waals surface area (Å²) in [7, 11) is -2.96. The minimum absolute atomic E-state index is 0.102. The molecule has 5 nitrogen and oxygen atoms in total. The highest BCUT2D eigenvalue weighted by Gasteiger charge is 2.47.